The average Bonchev–Trinajstić information content (AvgIpc) is 2.65. The highest BCUT2D eigenvalue weighted by atomic mass is 79.9. The summed E-state index contributed by atoms with van der Waals surface area (Å²) in [5.74, 6) is -1.50. The number of nitrogens with two attached hydrogens (primary N) is 1. The summed E-state index contributed by atoms with van der Waals surface area (Å²) in [6, 6.07) is 11.8. The van der Waals surface area contributed by atoms with E-state index in [9.17, 15) is 19.7 Å². The lowest BCUT2D eigenvalue weighted by Gasteiger charge is -2.03. The van der Waals surface area contributed by atoms with Crippen LogP contribution in [0.1, 0.15) is 20.7 Å². The lowest BCUT2D eigenvalue weighted by molar-refractivity contribution is -0.384. The van der Waals surface area contributed by atoms with Crippen LogP contribution in [0.25, 0.3) is 11.0 Å². The Balaban J connectivity index is 2.00. The molecule has 3 rings (SSSR count). The van der Waals surface area contributed by atoms with Crippen LogP contribution in [0.4, 0.5) is 5.69 Å². The Morgan fingerprint density at radius 3 is 2.67 bits per heavy atom. The zero-order chi connectivity index (χ0) is 19.6. The second kappa shape index (κ2) is 7.38. The first kappa shape index (κ1) is 18.3. The molecule has 27 heavy (non-hydrogen) atoms. The zero-order valence-electron chi connectivity index (χ0n) is 13.5. The van der Waals surface area contributed by atoms with Gasteiger partial charge in [0.2, 0.25) is 5.55 Å². The summed E-state index contributed by atoms with van der Waals surface area (Å²) < 4.78 is 6.33. The summed E-state index contributed by atoms with van der Waals surface area (Å²) in [5, 5.41) is 15.2. The minimum Gasteiger partial charge on any atom is -0.436 e. The van der Waals surface area contributed by atoms with Gasteiger partial charge in [0.1, 0.15) is 11.1 Å². The van der Waals surface area contributed by atoms with Crippen LogP contribution < -0.4 is 16.7 Å². The second-order valence-corrected chi connectivity index (χ2v) is 6.29. The van der Waals surface area contributed by atoms with Crippen molar-refractivity contribution in [2.75, 3.05) is 0 Å². The van der Waals surface area contributed by atoms with Gasteiger partial charge in [-0.2, -0.15) is 0 Å². The quantitative estimate of drug-likeness (QED) is 0.482. The van der Waals surface area contributed by atoms with Crippen LogP contribution in [0, 0.1) is 10.1 Å². The maximum atomic E-state index is 12.2. The number of nitrogens with zero attached hydrogens (tertiary/aromatic N) is 2. The van der Waals surface area contributed by atoms with Crippen LogP contribution in [0.3, 0.4) is 0 Å². The van der Waals surface area contributed by atoms with Crippen molar-refractivity contribution in [3.05, 3.63) is 79.8 Å². The fraction of sp³-hybridized carbons (Fsp3) is 0. The minimum absolute atomic E-state index is 0.0262. The highest BCUT2D eigenvalue weighted by Crippen LogP contribution is 2.19. The van der Waals surface area contributed by atoms with Crippen LogP contribution in [0.15, 0.2) is 62.5 Å². The molecule has 0 fully saturated rings. The van der Waals surface area contributed by atoms with Crippen molar-refractivity contribution in [3.63, 3.8) is 0 Å². The Kier molecular flexibility index (Phi) is 4.99. The van der Waals surface area contributed by atoms with Gasteiger partial charge in [-0.15, -0.1) is 5.10 Å². The van der Waals surface area contributed by atoms with Gasteiger partial charge in [-0.1, -0.05) is 22.0 Å². The van der Waals surface area contributed by atoms with E-state index in [4.69, 9.17) is 10.2 Å². The molecule has 0 spiro atoms. The Labute approximate surface area is 159 Å². The van der Waals surface area contributed by atoms with E-state index in [2.05, 4.69) is 26.5 Å². The molecule has 0 unspecified atom stereocenters. The summed E-state index contributed by atoms with van der Waals surface area (Å²) in [6.45, 7) is 0. The highest BCUT2D eigenvalue weighted by Gasteiger charge is 2.13. The number of nitrogens with one attached hydrogen (secondary N) is 1. The molecule has 3 aromatic rings. The van der Waals surface area contributed by atoms with E-state index in [1.54, 1.807) is 18.2 Å². The molecule has 136 valence electrons. The first-order valence-corrected chi connectivity index (χ1v) is 8.26. The van der Waals surface area contributed by atoms with Crippen molar-refractivity contribution in [1.29, 1.82) is 0 Å². The van der Waals surface area contributed by atoms with Crippen molar-refractivity contribution in [1.82, 2.24) is 5.43 Å². The molecule has 1 aromatic heterocycles. The standard InChI is InChI=1S/C17H11BrN4O5/c18-11-4-5-14-10(6-11)8-13(15(19)23)17(27-14)21-20-16(24)9-2-1-3-12(7-9)22(25)26/h1-8H,(H2,19,23)(H,20,24). The van der Waals surface area contributed by atoms with Crippen molar-refractivity contribution < 1.29 is 18.9 Å². The molecule has 0 bridgehead atoms. The van der Waals surface area contributed by atoms with Crippen molar-refractivity contribution in [3.8, 4) is 0 Å². The number of benzene rings is 2. The van der Waals surface area contributed by atoms with E-state index in [1.807, 2.05) is 0 Å². The third kappa shape index (κ3) is 4.01. The maximum absolute atomic E-state index is 12.2. The van der Waals surface area contributed by atoms with Gasteiger partial charge in [0.05, 0.1) is 4.92 Å². The van der Waals surface area contributed by atoms with Gasteiger partial charge in [-0.25, -0.2) is 5.43 Å². The van der Waals surface area contributed by atoms with Crippen LogP contribution in [0.2, 0.25) is 0 Å². The van der Waals surface area contributed by atoms with Crippen LogP contribution in [-0.2, 0) is 0 Å². The number of halogens is 1. The normalized spacial score (nSPS) is 11.4. The molecular weight excluding hydrogens is 420 g/mol. The van der Waals surface area contributed by atoms with E-state index in [0.29, 0.717) is 11.0 Å². The molecule has 0 saturated carbocycles. The maximum Gasteiger partial charge on any atom is 0.271 e. The van der Waals surface area contributed by atoms with E-state index in [-0.39, 0.29) is 22.4 Å². The number of amides is 2. The molecule has 0 radical (unpaired) electrons. The fourth-order valence-electron chi connectivity index (χ4n) is 2.29. The SMILES string of the molecule is NC(=O)c1cc2cc(Br)ccc2oc1=NNC(=O)c1cccc([N+](=O)[O-])c1. The minimum atomic E-state index is -0.788. The molecule has 10 heteroatoms. The number of rotatable bonds is 4. The average molecular weight is 431 g/mol. The van der Waals surface area contributed by atoms with Crippen LogP contribution in [-0.4, -0.2) is 16.7 Å². The number of fused-ring (bicyclic) bond motifs is 1. The molecule has 9 nitrogen and oxygen atoms in total. The number of non-ortho nitro benzene ring substituents is 1. The summed E-state index contributed by atoms with van der Waals surface area (Å²) in [6.07, 6.45) is 0. The lowest BCUT2D eigenvalue weighted by atomic mass is 10.2. The largest absolute Gasteiger partial charge is 0.436 e. The monoisotopic (exact) mass is 430 g/mol. The van der Waals surface area contributed by atoms with Gasteiger partial charge in [0.25, 0.3) is 17.5 Å². The van der Waals surface area contributed by atoms with Gasteiger partial charge < -0.3 is 10.2 Å². The number of hydrogen-bond donors (Lipinski definition) is 2. The number of hydrogen-bond acceptors (Lipinski definition) is 6. The molecule has 0 aliphatic carbocycles. The van der Waals surface area contributed by atoms with E-state index < -0.39 is 16.7 Å². The topological polar surface area (TPSA) is 141 Å². The summed E-state index contributed by atoms with van der Waals surface area (Å²) in [7, 11) is 0. The summed E-state index contributed by atoms with van der Waals surface area (Å²) >= 11 is 3.32. The van der Waals surface area contributed by atoms with Gasteiger partial charge in [0.15, 0.2) is 0 Å². The van der Waals surface area contributed by atoms with E-state index >= 15 is 0 Å². The van der Waals surface area contributed by atoms with E-state index in [1.165, 1.54) is 24.3 Å². The smallest absolute Gasteiger partial charge is 0.271 e. The molecule has 3 N–H and O–H groups in total. The third-order valence-corrected chi connectivity index (χ3v) is 4.05. The number of carbonyl (C=O) groups excluding carboxylic acids is 2. The highest BCUT2D eigenvalue weighted by molar-refractivity contribution is 9.10. The number of carbonyl (C=O) groups is 2. The molecule has 0 aliphatic rings. The van der Waals surface area contributed by atoms with Gasteiger partial charge in [-0.3, -0.25) is 19.7 Å². The molecule has 0 aliphatic heterocycles. The van der Waals surface area contributed by atoms with E-state index in [0.717, 1.165) is 10.5 Å². The molecule has 0 atom stereocenters. The lowest BCUT2D eigenvalue weighted by Crippen LogP contribution is -2.27. The predicted molar refractivity (Wildman–Crippen MR) is 98.6 cm³/mol. The van der Waals surface area contributed by atoms with Crippen molar-refractivity contribution in [2.45, 2.75) is 0 Å². The Hall–Kier alpha value is -3.53. The molecule has 2 aromatic carbocycles. The molecular formula is C17H11BrN4O5. The zero-order valence-corrected chi connectivity index (χ0v) is 15.1. The second-order valence-electron chi connectivity index (χ2n) is 5.37. The summed E-state index contributed by atoms with van der Waals surface area (Å²) in [4.78, 5) is 34.1. The van der Waals surface area contributed by atoms with Gasteiger partial charge in [-0.05, 0) is 30.3 Å². The Morgan fingerprint density at radius 2 is 1.96 bits per heavy atom. The van der Waals surface area contributed by atoms with Crippen molar-refractivity contribution in [2.24, 2.45) is 10.8 Å². The molecule has 1 heterocycles. The van der Waals surface area contributed by atoms with Gasteiger partial charge >= 0.3 is 0 Å². The van der Waals surface area contributed by atoms with Gasteiger partial charge in [0, 0.05) is 27.6 Å². The predicted octanol–water partition coefficient (Wildman–Crippen LogP) is 2.45. The number of nitro groups is 1. The first-order valence-electron chi connectivity index (χ1n) is 7.47. The van der Waals surface area contributed by atoms with Crippen molar-refractivity contribution >= 4 is 44.4 Å². The van der Waals surface area contributed by atoms with Crippen LogP contribution in [0.5, 0.6) is 0 Å². The molecule has 0 saturated heterocycles. The Bertz CT molecular complexity index is 1160. The summed E-state index contributed by atoms with van der Waals surface area (Å²) in [5.41, 5.74) is 7.56. The number of primary amides is 1. The molecule has 2 amide bonds. The fourth-order valence-corrected chi connectivity index (χ4v) is 2.67. The number of nitro benzene ring substituents is 1. The Morgan fingerprint density at radius 1 is 1.19 bits per heavy atom. The van der Waals surface area contributed by atoms with Crippen LogP contribution >= 0.6 is 15.9 Å². The third-order valence-electron chi connectivity index (χ3n) is 3.55. The first-order chi connectivity index (χ1) is 12.8.